The number of hydrogen-bond donors (Lipinski definition) is 2. The zero-order valence-corrected chi connectivity index (χ0v) is 12.5. The van der Waals surface area contributed by atoms with Gasteiger partial charge in [-0.2, -0.15) is 0 Å². The summed E-state index contributed by atoms with van der Waals surface area (Å²) in [4.78, 5) is 0. The highest BCUT2D eigenvalue weighted by atomic mass is 35.5. The molecule has 0 unspecified atom stereocenters. The molecule has 0 heterocycles. The van der Waals surface area contributed by atoms with Crippen LogP contribution in [0.25, 0.3) is 0 Å². The van der Waals surface area contributed by atoms with E-state index in [1.165, 1.54) is 0 Å². The molecule has 2 rings (SSSR count). The topological polar surface area (TPSA) is 32.3 Å². The minimum Gasteiger partial charge on any atom is -0.394 e. The number of aliphatic hydroxyl groups is 1. The first kappa shape index (κ1) is 15.3. The summed E-state index contributed by atoms with van der Waals surface area (Å²) in [6, 6.07) is 15.2. The Balaban J connectivity index is 1.91. The van der Waals surface area contributed by atoms with Crippen molar-refractivity contribution in [3.63, 3.8) is 0 Å². The van der Waals surface area contributed by atoms with E-state index in [1.54, 1.807) is 0 Å². The van der Waals surface area contributed by atoms with Crippen LogP contribution in [0.4, 0.5) is 0 Å². The highest BCUT2D eigenvalue weighted by Gasteiger charge is 2.09. The van der Waals surface area contributed by atoms with Crippen molar-refractivity contribution in [2.45, 2.75) is 12.5 Å². The molecule has 2 nitrogen and oxygen atoms in total. The van der Waals surface area contributed by atoms with Crippen molar-refractivity contribution in [3.8, 4) is 0 Å². The number of rotatable bonds is 6. The van der Waals surface area contributed by atoms with Crippen molar-refractivity contribution in [3.05, 3.63) is 69.7 Å². The number of halogens is 2. The van der Waals surface area contributed by atoms with Crippen LogP contribution < -0.4 is 5.32 Å². The van der Waals surface area contributed by atoms with Gasteiger partial charge in [0, 0.05) is 10.0 Å². The average molecular weight is 310 g/mol. The van der Waals surface area contributed by atoms with Crippen LogP contribution in [-0.4, -0.2) is 18.3 Å². The second kappa shape index (κ2) is 7.65. The van der Waals surface area contributed by atoms with Crippen LogP contribution in [-0.2, 0) is 6.42 Å². The van der Waals surface area contributed by atoms with Crippen molar-refractivity contribution in [2.75, 3.05) is 13.2 Å². The lowest BCUT2D eigenvalue weighted by Gasteiger charge is -2.17. The van der Waals surface area contributed by atoms with Crippen LogP contribution in [0.5, 0.6) is 0 Å². The fourth-order valence-corrected chi connectivity index (χ4v) is 2.42. The summed E-state index contributed by atoms with van der Waals surface area (Å²) in [6.07, 6.45) is 0.823. The molecular weight excluding hydrogens is 293 g/mol. The highest BCUT2D eigenvalue weighted by molar-refractivity contribution is 6.31. The third-order valence-corrected chi connectivity index (χ3v) is 3.82. The predicted molar refractivity (Wildman–Crippen MR) is 84.4 cm³/mol. The minimum absolute atomic E-state index is 0.0458. The van der Waals surface area contributed by atoms with Gasteiger partial charge >= 0.3 is 0 Å². The summed E-state index contributed by atoms with van der Waals surface area (Å²) >= 11 is 12.0. The van der Waals surface area contributed by atoms with E-state index < -0.39 is 0 Å². The van der Waals surface area contributed by atoms with Gasteiger partial charge in [0.05, 0.1) is 12.6 Å². The highest BCUT2D eigenvalue weighted by Crippen LogP contribution is 2.18. The van der Waals surface area contributed by atoms with Gasteiger partial charge < -0.3 is 10.4 Å². The Morgan fingerprint density at radius 1 is 1.00 bits per heavy atom. The second-order valence-corrected chi connectivity index (χ2v) is 5.43. The quantitative estimate of drug-likeness (QED) is 0.849. The third-order valence-electron chi connectivity index (χ3n) is 3.20. The van der Waals surface area contributed by atoms with E-state index in [4.69, 9.17) is 23.2 Å². The minimum atomic E-state index is -0.0882. The lowest BCUT2D eigenvalue weighted by Crippen LogP contribution is -2.26. The maximum Gasteiger partial charge on any atom is 0.0626 e. The number of hydrogen-bond acceptors (Lipinski definition) is 2. The Kier molecular flexibility index (Phi) is 5.86. The molecule has 1 atom stereocenters. The Morgan fingerprint density at radius 3 is 2.35 bits per heavy atom. The standard InChI is InChI=1S/C16H17Cl2NO/c17-14-7-5-13(6-8-14)16(11-20)19-10-9-12-3-1-2-4-15(12)18/h1-8,16,19-20H,9-11H2/t16-/m0/s1. The molecule has 0 spiro atoms. The molecule has 0 aliphatic carbocycles. The Morgan fingerprint density at radius 2 is 1.70 bits per heavy atom. The summed E-state index contributed by atoms with van der Waals surface area (Å²) < 4.78 is 0. The van der Waals surface area contributed by atoms with Crippen LogP contribution >= 0.6 is 23.2 Å². The van der Waals surface area contributed by atoms with Crippen molar-refractivity contribution in [2.24, 2.45) is 0 Å². The monoisotopic (exact) mass is 309 g/mol. The van der Waals surface area contributed by atoms with E-state index in [0.29, 0.717) is 5.02 Å². The zero-order chi connectivity index (χ0) is 14.4. The molecule has 0 saturated carbocycles. The summed E-state index contributed by atoms with van der Waals surface area (Å²) in [6.45, 7) is 0.793. The zero-order valence-electron chi connectivity index (χ0n) is 11.0. The van der Waals surface area contributed by atoms with Crippen molar-refractivity contribution in [1.82, 2.24) is 5.32 Å². The first-order valence-corrected chi connectivity index (χ1v) is 7.29. The molecule has 106 valence electrons. The van der Waals surface area contributed by atoms with Crippen molar-refractivity contribution in [1.29, 1.82) is 0 Å². The van der Waals surface area contributed by atoms with E-state index >= 15 is 0 Å². The third kappa shape index (κ3) is 4.22. The lowest BCUT2D eigenvalue weighted by atomic mass is 10.1. The average Bonchev–Trinajstić information content (AvgIpc) is 2.47. The molecule has 0 bridgehead atoms. The molecule has 0 aliphatic rings. The predicted octanol–water partition coefficient (Wildman–Crippen LogP) is 3.86. The van der Waals surface area contributed by atoms with Crippen molar-refractivity contribution >= 4 is 23.2 Å². The first-order chi connectivity index (χ1) is 9.70. The van der Waals surface area contributed by atoms with Gasteiger partial charge in [-0.05, 0) is 42.3 Å². The molecule has 0 radical (unpaired) electrons. The Hall–Kier alpha value is -1.06. The molecule has 0 aliphatic heterocycles. The molecule has 0 amide bonds. The summed E-state index contributed by atoms with van der Waals surface area (Å²) in [5, 5.41) is 14.3. The molecule has 0 aromatic heterocycles. The van der Waals surface area contributed by atoms with E-state index in [0.717, 1.165) is 29.1 Å². The first-order valence-electron chi connectivity index (χ1n) is 6.54. The van der Waals surface area contributed by atoms with Crippen LogP contribution in [0.1, 0.15) is 17.2 Å². The van der Waals surface area contributed by atoms with Crippen molar-refractivity contribution < 1.29 is 5.11 Å². The molecule has 2 aromatic carbocycles. The van der Waals surface area contributed by atoms with Gasteiger partial charge in [-0.15, -0.1) is 0 Å². The van der Waals surface area contributed by atoms with Crippen LogP contribution in [0.2, 0.25) is 10.0 Å². The SMILES string of the molecule is OC[C@H](NCCc1ccccc1Cl)c1ccc(Cl)cc1. The largest absolute Gasteiger partial charge is 0.394 e. The van der Waals surface area contributed by atoms with Gasteiger partial charge in [-0.25, -0.2) is 0 Å². The molecule has 2 N–H and O–H groups in total. The molecule has 0 saturated heterocycles. The van der Waals surface area contributed by atoms with Crippen LogP contribution in [0, 0.1) is 0 Å². The van der Waals surface area contributed by atoms with Gasteiger partial charge in [0.25, 0.3) is 0 Å². The fraction of sp³-hybridized carbons (Fsp3) is 0.250. The molecule has 4 heteroatoms. The maximum absolute atomic E-state index is 9.48. The Labute approximate surface area is 129 Å². The number of aliphatic hydroxyl groups excluding tert-OH is 1. The molecule has 0 fully saturated rings. The number of nitrogens with one attached hydrogen (secondary N) is 1. The van der Waals surface area contributed by atoms with Gasteiger partial charge in [0.2, 0.25) is 0 Å². The van der Waals surface area contributed by atoms with Crippen LogP contribution in [0.3, 0.4) is 0 Å². The molecule has 20 heavy (non-hydrogen) atoms. The van der Waals surface area contributed by atoms with E-state index in [9.17, 15) is 5.11 Å². The van der Waals surface area contributed by atoms with E-state index in [1.807, 2.05) is 48.5 Å². The van der Waals surface area contributed by atoms with Gasteiger partial charge in [0.1, 0.15) is 0 Å². The molecule has 2 aromatic rings. The van der Waals surface area contributed by atoms with E-state index in [2.05, 4.69) is 5.32 Å². The van der Waals surface area contributed by atoms with Gasteiger partial charge in [-0.1, -0.05) is 53.5 Å². The summed E-state index contributed by atoms with van der Waals surface area (Å²) in [7, 11) is 0. The van der Waals surface area contributed by atoms with E-state index in [-0.39, 0.29) is 12.6 Å². The lowest BCUT2D eigenvalue weighted by molar-refractivity contribution is 0.245. The number of benzene rings is 2. The fourth-order valence-electron chi connectivity index (χ4n) is 2.07. The van der Waals surface area contributed by atoms with Gasteiger partial charge in [0.15, 0.2) is 0 Å². The second-order valence-electron chi connectivity index (χ2n) is 4.58. The Bertz CT molecular complexity index is 542. The smallest absolute Gasteiger partial charge is 0.0626 e. The van der Waals surface area contributed by atoms with Gasteiger partial charge in [-0.3, -0.25) is 0 Å². The van der Waals surface area contributed by atoms with Crippen LogP contribution in [0.15, 0.2) is 48.5 Å². The summed E-state index contributed by atoms with van der Waals surface area (Å²) in [5.41, 5.74) is 2.13. The maximum atomic E-state index is 9.48. The normalized spacial score (nSPS) is 12.3. The summed E-state index contributed by atoms with van der Waals surface area (Å²) in [5.74, 6) is 0. The molecular formula is C16H17Cl2NO.